The van der Waals surface area contributed by atoms with Gasteiger partial charge in [0.2, 0.25) is 5.79 Å². The van der Waals surface area contributed by atoms with Crippen molar-refractivity contribution in [3.05, 3.63) is 12.7 Å². The predicted octanol–water partition coefficient (Wildman–Crippen LogP) is 0.163. The zero-order chi connectivity index (χ0) is 9.61. The third-order valence-electron chi connectivity index (χ3n) is 1.54. The van der Waals surface area contributed by atoms with E-state index < -0.39 is 11.8 Å². The summed E-state index contributed by atoms with van der Waals surface area (Å²) in [5.41, 5.74) is 5.23. The Morgan fingerprint density at radius 1 is 1.83 bits per heavy atom. The summed E-state index contributed by atoms with van der Waals surface area (Å²) in [4.78, 5) is 10.7. The number of nitrogens with two attached hydrogens (primary N) is 1. The van der Waals surface area contributed by atoms with Crippen LogP contribution >= 0.6 is 0 Å². The predicted molar refractivity (Wildman–Crippen MR) is 45.2 cm³/mol. The molecule has 0 radical (unpaired) electrons. The summed E-state index contributed by atoms with van der Waals surface area (Å²) in [6, 6.07) is 0. The molecule has 0 aromatic rings. The molecule has 0 bridgehead atoms. The first-order chi connectivity index (χ1) is 5.58. The molecule has 3 N–H and O–H groups in total. The smallest absolute Gasteiger partial charge is 0.332 e. The Balaban J connectivity index is 4.12. The fraction of sp³-hybridized carbons (Fsp3) is 0.625. The summed E-state index contributed by atoms with van der Waals surface area (Å²) >= 11 is 0. The van der Waals surface area contributed by atoms with Crippen LogP contribution < -0.4 is 5.73 Å². The Labute approximate surface area is 72.0 Å². The average molecular weight is 173 g/mol. The van der Waals surface area contributed by atoms with Gasteiger partial charge >= 0.3 is 5.97 Å². The average Bonchev–Trinajstić information content (AvgIpc) is 2.05. The van der Waals surface area contributed by atoms with E-state index in [-0.39, 0.29) is 13.0 Å². The Hall–Kier alpha value is -0.870. The van der Waals surface area contributed by atoms with E-state index in [0.717, 1.165) is 6.08 Å². The van der Waals surface area contributed by atoms with E-state index in [9.17, 15) is 9.90 Å². The van der Waals surface area contributed by atoms with Gasteiger partial charge in [-0.1, -0.05) is 13.5 Å². The molecule has 0 saturated carbocycles. The number of ether oxygens (including phenoxy) is 1. The third kappa shape index (κ3) is 3.50. The number of esters is 1. The van der Waals surface area contributed by atoms with Crippen molar-refractivity contribution in [2.45, 2.75) is 25.6 Å². The molecular formula is C8H15NO3. The van der Waals surface area contributed by atoms with E-state index in [0.29, 0.717) is 6.42 Å². The van der Waals surface area contributed by atoms with Crippen molar-refractivity contribution in [1.82, 2.24) is 0 Å². The number of hydrogen-bond acceptors (Lipinski definition) is 4. The van der Waals surface area contributed by atoms with Crippen LogP contribution in [0.3, 0.4) is 0 Å². The van der Waals surface area contributed by atoms with Gasteiger partial charge in [0.25, 0.3) is 0 Å². The summed E-state index contributed by atoms with van der Waals surface area (Å²) in [6.45, 7) is 5.21. The molecule has 12 heavy (non-hydrogen) atoms. The van der Waals surface area contributed by atoms with Gasteiger partial charge in [-0.2, -0.15) is 0 Å². The van der Waals surface area contributed by atoms with Crippen LogP contribution in [-0.2, 0) is 9.53 Å². The summed E-state index contributed by atoms with van der Waals surface area (Å²) in [7, 11) is 0. The second kappa shape index (κ2) is 4.90. The van der Waals surface area contributed by atoms with Crippen LogP contribution in [0.4, 0.5) is 0 Å². The second-order valence-electron chi connectivity index (χ2n) is 2.46. The van der Waals surface area contributed by atoms with Crippen molar-refractivity contribution >= 4 is 5.97 Å². The van der Waals surface area contributed by atoms with E-state index in [1.807, 2.05) is 0 Å². The maximum atomic E-state index is 10.7. The maximum absolute atomic E-state index is 10.7. The highest BCUT2D eigenvalue weighted by molar-refractivity contribution is 5.81. The first-order valence-corrected chi connectivity index (χ1v) is 3.86. The van der Waals surface area contributed by atoms with Crippen molar-refractivity contribution in [2.75, 3.05) is 6.54 Å². The summed E-state index contributed by atoms with van der Waals surface area (Å²) in [5.74, 6) is -2.06. The van der Waals surface area contributed by atoms with Gasteiger partial charge in [-0.15, -0.1) is 0 Å². The minimum Gasteiger partial charge on any atom is -0.430 e. The third-order valence-corrected chi connectivity index (χ3v) is 1.54. The SMILES string of the molecule is C=CC(=O)OC(O)(CC)CCN. The molecule has 0 spiro atoms. The topological polar surface area (TPSA) is 72.5 Å². The van der Waals surface area contributed by atoms with Crippen molar-refractivity contribution in [3.63, 3.8) is 0 Å². The molecule has 0 aliphatic carbocycles. The van der Waals surface area contributed by atoms with Crippen molar-refractivity contribution in [3.8, 4) is 0 Å². The molecule has 0 rings (SSSR count). The normalized spacial score (nSPS) is 14.9. The molecule has 1 atom stereocenters. The maximum Gasteiger partial charge on any atom is 0.332 e. The van der Waals surface area contributed by atoms with Gasteiger partial charge in [-0.05, 0) is 6.54 Å². The van der Waals surface area contributed by atoms with Gasteiger partial charge in [-0.25, -0.2) is 4.79 Å². The highest BCUT2D eigenvalue weighted by atomic mass is 16.7. The minimum atomic E-state index is -1.43. The van der Waals surface area contributed by atoms with E-state index in [2.05, 4.69) is 6.58 Å². The zero-order valence-electron chi connectivity index (χ0n) is 7.25. The second-order valence-corrected chi connectivity index (χ2v) is 2.46. The molecule has 0 aliphatic heterocycles. The van der Waals surface area contributed by atoms with E-state index in [1.165, 1.54) is 0 Å². The highest BCUT2D eigenvalue weighted by Gasteiger charge is 2.27. The monoisotopic (exact) mass is 173 g/mol. The molecule has 0 saturated heterocycles. The number of hydrogen-bond donors (Lipinski definition) is 2. The van der Waals surface area contributed by atoms with Crippen LogP contribution in [0, 0.1) is 0 Å². The first kappa shape index (κ1) is 11.1. The lowest BCUT2D eigenvalue weighted by molar-refractivity contribution is -0.207. The van der Waals surface area contributed by atoms with Gasteiger partial charge in [-0.3, -0.25) is 0 Å². The minimum absolute atomic E-state index is 0.239. The van der Waals surface area contributed by atoms with Gasteiger partial charge < -0.3 is 15.6 Å². The standard InChI is InChI=1S/C8H15NO3/c1-3-7(10)12-8(11,4-2)5-6-9/h3,11H,1,4-6,9H2,2H3. The molecule has 0 fully saturated rings. The van der Waals surface area contributed by atoms with Crippen molar-refractivity contribution in [2.24, 2.45) is 5.73 Å². The molecular weight excluding hydrogens is 158 g/mol. The molecule has 0 amide bonds. The molecule has 4 heteroatoms. The Kier molecular flexibility index (Phi) is 4.54. The lowest BCUT2D eigenvalue weighted by atomic mass is 10.1. The van der Waals surface area contributed by atoms with Crippen LogP contribution in [0.1, 0.15) is 19.8 Å². The molecule has 0 aliphatic rings. The summed E-state index contributed by atoms with van der Waals surface area (Å²) < 4.78 is 4.70. The quantitative estimate of drug-likeness (QED) is 0.353. The van der Waals surface area contributed by atoms with Crippen molar-refractivity contribution in [1.29, 1.82) is 0 Å². The van der Waals surface area contributed by atoms with Crippen molar-refractivity contribution < 1.29 is 14.6 Å². The molecule has 0 aromatic heterocycles. The molecule has 0 heterocycles. The summed E-state index contributed by atoms with van der Waals surface area (Å²) in [6.07, 6.45) is 1.57. The Morgan fingerprint density at radius 3 is 2.75 bits per heavy atom. The number of rotatable bonds is 5. The Bertz CT molecular complexity index is 170. The highest BCUT2D eigenvalue weighted by Crippen LogP contribution is 2.16. The largest absolute Gasteiger partial charge is 0.430 e. The van der Waals surface area contributed by atoms with Crippen LogP contribution in [0.5, 0.6) is 0 Å². The molecule has 70 valence electrons. The van der Waals surface area contributed by atoms with E-state index >= 15 is 0 Å². The van der Waals surface area contributed by atoms with E-state index in [4.69, 9.17) is 10.5 Å². The lowest BCUT2D eigenvalue weighted by Gasteiger charge is -2.25. The van der Waals surface area contributed by atoms with E-state index in [1.54, 1.807) is 6.92 Å². The fourth-order valence-electron chi connectivity index (χ4n) is 0.754. The van der Waals surface area contributed by atoms with Gasteiger partial charge in [0.1, 0.15) is 0 Å². The fourth-order valence-corrected chi connectivity index (χ4v) is 0.754. The number of aliphatic hydroxyl groups is 1. The number of carbonyl (C=O) groups excluding carboxylic acids is 1. The van der Waals surface area contributed by atoms with Crippen LogP contribution in [0.2, 0.25) is 0 Å². The van der Waals surface area contributed by atoms with Crippen LogP contribution in [0.25, 0.3) is 0 Å². The zero-order valence-corrected chi connectivity index (χ0v) is 7.25. The van der Waals surface area contributed by atoms with Gasteiger partial charge in [0, 0.05) is 18.9 Å². The Morgan fingerprint density at radius 2 is 2.42 bits per heavy atom. The first-order valence-electron chi connectivity index (χ1n) is 3.86. The van der Waals surface area contributed by atoms with Gasteiger partial charge in [0.15, 0.2) is 0 Å². The van der Waals surface area contributed by atoms with Gasteiger partial charge in [0.05, 0.1) is 0 Å². The lowest BCUT2D eigenvalue weighted by Crippen LogP contribution is -2.35. The summed E-state index contributed by atoms with van der Waals surface area (Å²) in [5, 5.41) is 9.55. The number of carbonyl (C=O) groups is 1. The molecule has 0 aromatic carbocycles. The molecule has 1 unspecified atom stereocenters. The van der Waals surface area contributed by atoms with Crippen LogP contribution in [0.15, 0.2) is 12.7 Å². The molecule has 4 nitrogen and oxygen atoms in total. The van der Waals surface area contributed by atoms with Crippen LogP contribution in [-0.4, -0.2) is 23.4 Å².